The Balaban J connectivity index is 1.88. The van der Waals surface area contributed by atoms with Crippen LogP contribution in [0, 0.1) is 34.2 Å². The van der Waals surface area contributed by atoms with E-state index in [1.54, 1.807) is 35.2 Å². The van der Waals surface area contributed by atoms with Crippen LogP contribution in [0.4, 0.5) is 15.8 Å². The number of non-ortho nitro benzene ring substituents is 1. The Labute approximate surface area is 201 Å². The topological polar surface area (TPSA) is 92.2 Å². The number of nitro benzene ring substituents is 1. The van der Waals surface area contributed by atoms with Crippen LogP contribution in [0.1, 0.15) is 36.3 Å². The van der Waals surface area contributed by atoms with Crippen molar-refractivity contribution in [1.29, 1.82) is 5.26 Å². The van der Waals surface area contributed by atoms with Crippen LogP contribution in [-0.4, -0.2) is 15.3 Å². The molecule has 1 aromatic heterocycles. The highest BCUT2D eigenvalue weighted by Gasteiger charge is 2.42. The Morgan fingerprint density at radius 1 is 1.11 bits per heavy atom. The molecule has 5 rings (SSSR count). The van der Waals surface area contributed by atoms with Crippen molar-refractivity contribution in [2.45, 2.75) is 32.1 Å². The number of Topliss-reactive ketones (excluding diaryl/α,β-unsaturated/α-hetero) is 1. The summed E-state index contributed by atoms with van der Waals surface area (Å²) in [6, 6.07) is 16.5. The lowest BCUT2D eigenvalue weighted by Gasteiger charge is -2.41. The number of ketones is 1. The van der Waals surface area contributed by atoms with Gasteiger partial charge in [0.2, 0.25) is 0 Å². The molecule has 1 aliphatic heterocycles. The van der Waals surface area contributed by atoms with Gasteiger partial charge in [-0.25, -0.2) is 4.39 Å². The number of carbonyl (C=O) groups excluding carboxylic acids is 1. The molecule has 0 saturated carbocycles. The van der Waals surface area contributed by atoms with Crippen LogP contribution < -0.4 is 4.90 Å². The summed E-state index contributed by atoms with van der Waals surface area (Å²) in [5.41, 5.74) is 3.10. The van der Waals surface area contributed by atoms with Crippen LogP contribution in [-0.2, 0) is 4.79 Å². The van der Waals surface area contributed by atoms with Crippen molar-refractivity contribution in [2.24, 2.45) is 0 Å². The number of nitrogens with zero attached hydrogens (tertiary/aromatic N) is 4. The molecule has 0 N–H and O–H groups in total. The van der Waals surface area contributed by atoms with Gasteiger partial charge in [-0.05, 0) is 55.2 Å². The van der Waals surface area contributed by atoms with Gasteiger partial charge in [0.05, 0.1) is 28.2 Å². The maximum Gasteiger partial charge on any atom is 0.271 e. The first-order chi connectivity index (χ1) is 16.9. The number of allylic oxidation sites excluding steroid dienone is 3. The van der Waals surface area contributed by atoms with Gasteiger partial charge in [0.15, 0.2) is 5.78 Å². The number of nitro groups is 1. The molecule has 0 amide bonds. The molecule has 3 aromatic rings. The van der Waals surface area contributed by atoms with Gasteiger partial charge in [-0.2, -0.15) is 5.26 Å². The number of nitriles is 1. The fourth-order valence-corrected chi connectivity index (χ4v) is 5.00. The van der Waals surface area contributed by atoms with E-state index in [0.29, 0.717) is 47.6 Å². The molecule has 0 saturated heterocycles. The zero-order chi connectivity index (χ0) is 24.7. The lowest BCUT2D eigenvalue weighted by atomic mass is 9.75. The quantitative estimate of drug-likeness (QED) is 0.354. The normalized spacial score (nSPS) is 17.9. The van der Waals surface area contributed by atoms with Gasteiger partial charge in [-0.15, -0.1) is 0 Å². The monoisotopic (exact) mass is 468 g/mol. The summed E-state index contributed by atoms with van der Waals surface area (Å²) >= 11 is 0. The summed E-state index contributed by atoms with van der Waals surface area (Å²) < 4.78 is 16.0. The molecule has 8 heteroatoms. The first-order valence-electron chi connectivity index (χ1n) is 11.2. The molecule has 0 radical (unpaired) electrons. The highest BCUT2D eigenvalue weighted by atomic mass is 19.1. The summed E-state index contributed by atoms with van der Waals surface area (Å²) in [7, 11) is 0. The van der Waals surface area contributed by atoms with Gasteiger partial charge in [0.25, 0.3) is 5.69 Å². The standard InChI is InChI=1S/C27H21FN4O3/c1-17-10-11-20(32(34)35)15-23(17)31-22-8-5-9-24(33)26(22)25(18-6-4-7-19(28)14-18)21(16-29)27(31)30-12-2-3-13-30/h2-4,6-7,10-15,25H,5,8-9H2,1H3/t25-/m1/s1. The van der Waals surface area contributed by atoms with E-state index < -0.39 is 16.7 Å². The minimum Gasteiger partial charge on any atom is -0.309 e. The third-order valence-corrected chi connectivity index (χ3v) is 6.52. The Morgan fingerprint density at radius 2 is 1.89 bits per heavy atom. The van der Waals surface area contributed by atoms with E-state index in [1.807, 2.05) is 24.0 Å². The number of anilines is 1. The number of aryl methyl sites for hydroxylation is 1. The number of halogens is 1. The molecule has 0 fully saturated rings. The Morgan fingerprint density at radius 3 is 2.57 bits per heavy atom. The fourth-order valence-electron chi connectivity index (χ4n) is 5.00. The summed E-state index contributed by atoms with van der Waals surface area (Å²) in [4.78, 5) is 26.3. The van der Waals surface area contributed by atoms with Crippen LogP contribution in [0.5, 0.6) is 0 Å². The van der Waals surface area contributed by atoms with Crippen molar-refractivity contribution in [2.75, 3.05) is 4.90 Å². The van der Waals surface area contributed by atoms with E-state index in [2.05, 4.69) is 6.07 Å². The SMILES string of the molecule is Cc1ccc([N+](=O)[O-])cc1N1C2=C(C(=O)CCC2)[C@H](c2cccc(F)c2)C(C#N)=C1n1cccc1. The Hall–Kier alpha value is -4.51. The number of carbonyl (C=O) groups is 1. The lowest BCUT2D eigenvalue weighted by molar-refractivity contribution is -0.384. The zero-order valence-corrected chi connectivity index (χ0v) is 18.9. The fraction of sp³-hybridized carbons (Fsp3) is 0.185. The molecule has 2 heterocycles. The highest BCUT2D eigenvalue weighted by molar-refractivity contribution is 6.03. The van der Waals surface area contributed by atoms with Crippen molar-refractivity contribution in [3.05, 3.63) is 111 Å². The number of hydrogen-bond donors (Lipinski definition) is 0. The third-order valence-electron chi connectivity index (χ3n) is 6.52. The van der Waals surface area contributed by atoms with Crippen LogP contribution in [0.25, 0.3) is 5.82 Å². The molecule has 35 heavy (non-hydrogen) atoms. The molecule has 1 aliphatic carbocycles. The average Bonchev–Trinajstić information content (AvgIpc) is 3.38. The van der Waals surface area contributed by atoms with E-state index in [0.717, 1.165) is 5.56 Å². The molecule has 0 spiro atoms. The number of hydrogen-bond acceptors (Lipinski definition) is 5. The van der Waals surface area contributed by atoms with Crippen molar-refractivity contribution >= 4 is 23.0 Å². The predicted molar refractivity (Wildman–Crippen MR) is 129 cm³/mol. The van der Waals surface area contributed by atoms with Crippen molar-refractivity contribution in [3.63, 3.8) is 0 Å². The second kappa shape index (κ2) is 8.69. The summed E-state index contributed by atoms with van der Waals surface area (Å²) in [5.74, 6) is -0.826. The first-order valence-corrected chi connectivity index (χ1v) is 11.2. The maximum atomic E-state index is 14.3. The van der Waals surface area contributed by atoms with Gasteiger partial charge >= 0.3 is 0 Å². The molecule has 1 atom stereocenters. The molecule has 7 nitrogen and oxygen atoms in total. The molecule has 0 unspecified atom stereocenters. The van der Waals surface area contributed by atoms with Crippen molar-refractivity contribution < 1.29 is 14.1 Å². The minimum atomic E-state index is -0.744. The highest BCUT2D eigenvalue weighted by Crippen LogP contribution is 2.49. The van der Waals surface area contributed by atoms with Crippen LogP contribution >= 0.6 is 0 Å². The van der Waals surface area contributed by atoms with Crippen LogP contribution in [0.15, 0.2) is 83.8 Å². The van der Waals surface area contributed by atoms with Crippen molar-refractivity contribution in [1.82, 2.24) is 4.57 Å². The largest absolute Gasteiger partial charge is 0.309 e. The second-order valence-corrected chi connectivity index (χ2v) is 8.63. The van der Waals surface area contributed by atoms with Gasteiger partial charge in [0, 0.05) is 42.2 Å². The van der Waals surface area contributed by atoms with Gasteiger partial charge < -0.3 is 4.57 Å². The number of rotatable bonds is 4. The van der Waals surface area contributed by atoms with Gasteiger partial charge in [-0.1, -0.05) is 18.2 Å². The van der Waals surface area contributed by atoms with E-state index in [-0.39, 0.29) is 17.0 Å². The maximum absolute atomic E-state index is 14.3. The third kappa shape index (κ3) is 3.71. The lowest BCUT2D eigenvalue weighted by Crippen LogP contribution is -2.37. The average molecular weight is 468 g/mol. The summed E-state index contributed by atoms with van der Waals surface area (Å²) in [6.07, 6.45) is 5.04. The van der Waals surface area contributed by atoms with E-state index in [9.17, 15) is 24.6 Å². The Bertz CT molecular complexity index is 1460. The molecular formula is C27H21FN4O3. The molecule has 2 aromatic carbocycles. The molecular weight excluding hydrogens is 447 g/mol. The second-order valence-electron chi connectivity index (χ2n) is 8.63. The summed E-state index contributed by atoms with van der Waals surface area (Å²) in [5, 5.41) is 22.0. The van der Waals surface area contributed by atoms with Crippen LogP contribution in [0.2, 0.25) is 0 Å². The Kier molecular flexibility index (Phi) is 5.53. The van der Waals surface area contributed by atoms with Gasteiger partial charge in [0.1, 0.15) is 11.6 Å². The van der Waals surface area contributed by atoms with E-state index in [1.165, 1.54) is 24.3 Å². The van der Waals surface area contributed by atoms with Gasteiger partial charge in [-0.3, -0.25) is 19.8 Å². The number of benzene rings is 2. The van der Waals surface area contributed by atoms with E-state index >= 15 is 0 Å². The molecule has 0 bridgehead atoms. The number of aromatic nitrogens is 1. The van der Waals surface area contributed by atoms with E-state index in [4.69, 9.17) is 0 Å². The van der Waals surface area contributed by atoms with Crippen molar-refractivity contribution in [3.8, 4) is 6.07 Å². The summed E-state index contributed by atoms with van der Waals surface area (Å²) in [6.45, 7) is 1.84. The molecule has 174 valence electrons. The first kappa shape index (κ1) is 22.3. The zero-order valence-electron chi connectivity index (χ0n) is 18.9. The minimum absolute atomic E-state index is 0.0903. The molecule has 2 aliphatic rings. The van der Waals surface area contributed by atoms with Crippen LogP contribution in [0.3, 0.4) is 0 Å². The predicted octanol–water partition coefficient (Wildman–Crippen LogP) is 5.85. The smallest absolute Gasteiger partial charge is 0.271 e.